The fourth-order valence-corrected chi connectivity index (χ4v) is 5.60. The lowest BCUT2D eigenvalue weighted by Gasteiger charge is -2.31. The number of ether oxygens (including phenoxy) is 2. The van der Waals surface area contributed by atoms with Crippen molar-refractivity contribution >= 4 is 24.9 Å². The van der Waals surface area contributed by atoms with E-state index < -0.39 is 8.07 Å². The Morgan fingerprint density at radius 1 is 0.912 bits per heavy atom. The number of rotatable bonds is 8. The minimum absolute atomic E-state index is 0.179. The molecule has 0 aliphatic carbocycles. The van der Waals surface area contributed by atoms with Gasteiger partial charge in [-0.1, -0.05) is 78.9 Å². The van der Waals surface area contributed by atoms with Gasteiger partial charge in [-0.15, -0.1) is 0 Å². The van der Waals surface area contributed by atoms with Crippen LogP contribution in [-0.4, -0.2) is 34.4 Å². The summed E-state index contributed by atoms with van der Waals surface area (Å²) in [6, 6.07) is 13.0. The normalized spacial score (nSPS) is 12.4. The number of esters is 1. The minimum Gasteiger partial charge on any atom is -0.497 e. The van der Waals surface area contributed by atoms with E-state index in [1.807, 2.05) is 6.92 Å². The highest BCUT2D eigenvalue weighted by molar-refractivity contribution is 6.89. The van der Waals surface area contributed by atoms with E-state index in [1.54, 1.807) is 0 Å². The van der Waals surface area contributed by atoms with Crippen LogP contribution in [0.3, 0.4) is 0 Å². The van der Waals surface area contributed by atoms with Crippen molar-refractivity contribution in [1.29, 1.82) is 0 Å². The summed E-state index contributed by atoms with van der Waals surface area (Å²) in [5.74, 6) is 1.36. The van der Waals surface area contributed by atoms with Crippen molar-refractivity contribution in [1.82, 2.24) is 0 Å². The average Bonchev–Trinajstić information content (AvgIpc) is 2.71. The number of hydrogen-bond donors (Lipinski definition) is 0. The molecule has 0 atom stereocenters. The predicted octanol–water partition coefficient (Wildman–Crippen LogP) is 6.59. The van der Waals surface area contributed by atoms with Crippen LogP contribution in [-0.2, 0) is 15.6 Å². The lowest BCUT2D eigenvalue weighted by atomic mass is 9.79. The number of carbonyl (C=O) groups is 1. The molecular weight excluding hydrogens is 438 g/mol. The molecule has 0 fully saturated rings. The van der Waals surface area contributed by atoms with E-state index in [9.17, 15) is 4.79 Å². The molecule has 0 saturated heterocycles. The maximum absolute atomic E-state index is 12.5. The number of hydrogen-bond acceptors (Lipinski definition) is 4. The van der Waals surface area contributed by atoms with Crippen molar-refractivity contribution in [2.75, 3.05) is 25.2 Å². The van der Waals surface area contributed by atoms with Gasteiger partial charge >= 0.3 is 5.97 Å². The van der Waals surface area contributed by atoms with Crippen LogP contribution in [0.5, 0.6) is 11.5 Å². The summed E-state index contributed by atoms with van der Waals surface area (Å²) in [5.41, 5.74) is 2.82. The molecule has 0 aromatic heterocycles. The number of carbonyl (C=O) groups excluding carboxylic acids is 1. The Hall–Kier alpha value is -2.27. The molecule has 0 bridgehead atoms. The summed E-state index contributed by atoms with van der Waals surface area (Å²) in [6.45, 7) is 19.6. The molecular formula is C29H45NO3Si. The summed E-state index contributed by atoms with van der Waals surface area (Å²) in [4.78, 5) is 14.6. The van der Waals surface area contributed by atoms with Gasteiger partial charge in [-0.2, -0.15) is 0 Å². The summed E-state index contributed by atoms with van der Waals surface area (Å²) in [5, 5.41) is 1.37. The topological polar surface area (TPSA) is 38.8 Å². The van der Waals surface area contributed by atoms with Gasteiger partial charge in [-0.05, 0) is 41.5 Å². The second kappa shape index (κ2) is 10.6. The molecule has 5 heteroatoms. The van der Waals surface area contributed by atoms with Crippen molar-refractivity contribution < 1.29 is 14.3 Å². The number of benzene rings is 2. The van der Waals surface area contributed by atoms with E-state index in [2.05, 4.69) is 110 Å². The standard InChI is InChI=1S/C29H45NO3Si/c1-12-13-26(31)33-27-24(28(2,3)4)18-22(19-25(27)29(5,6)7)32-20-34(10,11)23-16-14-21(15-17-23)30(8)9/h14-19H,12-13,20H2,1-11H3. The van der Waals surface area contributed by atoms with Gasteiger partial charge in [0.2, 0.25) is 0 Å². The van der Waals surface area contributed by atoms with E-state index in [0.717, 1.165) is 23.3 Å². The van der Waals surface area contributed by atoms with Crippen molar-refractivity contribution in [3.8, 4) is 11.5 Å². The molecule has 0 heterocycles. The Balaban J connectivity index is 2.44. The number of nitrogens with zero attached hydrogens (tertiary/aromatic N) is 1. The molecule has 0 radical (unpaired) electrons. The highest BCUT2D eigenvalue weighted by atomic mass is 28.3. The molecule has 2 aromatic carbocycles. The molecule has 34 heavy (non-hydrogen) atoms. The fraction of sp³-hybridized carbons (Fsp3) is 0.552. The molecule has 2 rings (SSSR count). The Labute approximate surface area is 208 Å². The molecule has 0 saturated carbocycles. The van der Waals surface area contributed by atoms with Gasteiger partial charge in [0.1, 0.15) is 19.6 Å². The molecule has 0 unspecified atom stereocenters. The second-order valence-electron chi connectivity index (χ2n) is 12.2. The molecule has 0 aliphatic heterocycles. The first-order chi connectivity index (χ1) is 15.6. The maximum atomic E-state index is 12.5. The van der Waals surface area contributed by atoms with Crippen LogP contribution in [0.4, 0.5) is 5.69 Å². The van der Waals surface area contributed by atoms with Crippen LogP contribution in [0.25, 0.3) is 0 Å². The van der Waals surface area contributed by atoms with E-state index in [1.165, 1.54) is 10.9 Å². The highest BCUT2D eigenvalue weighted by Crippen LogP contribution is 2.43. The minimum atomic E-state index is -1.82. The van der Waals surface area contributed by atoms with Crippen LogP contribution < -0.4 is 19.6 Å². The third-order valence-electron chi connectivity index (χ3n) is 6.11. The van der Waals surface area contributed by atoms with E-state index in [-0.39, 0.29) is 16.8 Å². The van der Waals surface area contributed by atoms with Gasteiger partial charge in [-0.25, -0.2) is 0 Å². The molecule has 2 aromatic rings. The molecule has 0 aliphatic rings. The zero-order chi connectivity index (χ0) is 25.9. The lowest BCUT2D eigenvalue weighted by Crippen LogP contribution is -2.47. The maximum Gasteiger partial charge on any atom is 0.311 e. The number of anilines is 1. The van der Waals surface area contributed by atoms with Gasteiger partial charge in [0.05, 0.1) is 6.23 Å². The molecule has 0 spiro atoms. The van der Waals surface area contributed by atoms with E-state index >= 15 is 0 Å². The van der Waals surface area contributed by atoms with Crippen LogP contribution in [0.2, 0.25) is 13.1 Å². The first-order valence-corrected chi connectivity index (χ1v) is 15.6. The molecule has 4 nitrogen and oxygen atoms in total. The average molecular weight is 484 g/mol. The summed E-state index contributed by atoms with van der Waals surface area (Å²) in [7, 11) is 2.29. The van der Waals surface area contributed by atoms with Gasteiger partial charge in [0.25, 0.3) is 0 Å². The summed E-state index contributed by atoms with van der Waals surface area (Å²) >= 11 is 0. The first-order valence-electron chi connectivity index (χ1n) is 12.4. The van der Waals surface area contributed by atoms with Crippen LogP contribution in [0, 0.1) is 0 Å². The Morgan fingerprint density at radius 3 is 1.82 bits per heavy atom. The Bertz CT molecular complexity index is 945. The van der Waals surface area contributed by atoms with E-state index in [0.29, 0.717) is 18.4 Å². The van der Waals surface area contributed by atoms with Gasteiger partial charge in [-0.3, -0.25) is 4.79 Å². The second-order valence-corrected chi connectivity index (χ2v) is 16.8. The first kappa shape index (κ1) is 28.0. The zero-order valence-corrected chi connectivity index (χ0v) is 24.3. The highest BCUT2D eigenvalue weighted by Gasteiger charge is 2.31. The molecule has 0 amide bonds. The van der Waals surface area contributed by atoms with Crippen molar-refractivity contribution in [2.45, 2.75) is 85.2 Å². The van der Waals surface area contributed by atoms with E-state index in [4.69, 9.17) is 9.47 Å². The molecule has 0 N–H and O–H groups in total. The third kappa shape index (κ3) is 7.11. The Morgan fingerprint density at radius 2 is 1.41 bits per heavy atom. The van der Waals surface area contributed by atoms with Crippen molar-refractivity contribution in [3.63, 3.8) is 0 Å². The largest absolute Gasteiger partial charge is 0.497 e. The fourth-order valence-electron chi connectivity index (χ4n) is 3.84. The lowest BCUT2D eigenvalue weighted by molar-refractivity contribution is -0.134. The van der Waals surface area contributed by atoms with Gasteiger partial charge in [0.15, 0.2) is 0 Å². The predicted molar refractivity (Wildman–Crippen MR) is 148 cm³/mol. The Kier molecular flexibility index (Phi) is 8.68. The van der Waals surface area contributed by atoms with Crippen molar-refractivity contribution in [2.24, 2.45) is 0 Å². The SMILES string of the molecule is CCCC(=O)Oc1c(C(C)(C)C)cc(OC[Si](C)(C)c2ccc(N(C)C)cc2)cc1C(C)(C)C. The zero-order valence-electron chi connectivity index (χ0n) is 23.3. The monoisotopic (exact) mass is 483 g/mol. The summed E-state index contributed by atoms with van der Waals surface area (Å²) in [6.07, 6.45) is 1.86. The third-order valence-corrected chi connectivity index (χ3v) is 8.88. The quantitative estimate of drug-likeness (QED) is 0.241. The van der Waals surface area contributed by atoms with Gasteiger partial charge < -0.3 is 14.4 Å². The summed E-state index contributed by atoms with van der Waals surface area (Å²) < 4.78 is 12.5. The smallest absolute Gasteiger partial charge is 0.311 e. The van der Waals surface area contributed by atoms with Gasteiger partial charge in [0, 0.05) is 37.3 Å². The van der Waals surface area contributed by atoms with Crippen molar-refractivity contribution in [3.05, 3.63) is 47.5 Å². The van der Waals surface area contributed by atoms with Crippen LogP contribution >= 0.6 is 0 Å². The van der Waals surface area contributed by atoms with Crippen LogP contribution in [0.15, 0.2) is 36.4 Å². The molecule has 188 valence electrons. The van der Waals surface area contributed by atoms with Crippen LogP contribution in [0.1, 0.15) is 72.4 Å².